The Bertz CT molecular complexity index is 795. The summed E-state index contributed by atoms with van der Waals surface area (Å²) in [4.78, 5) is 51.5. The second kappa shape index (κ2) is 6.83. The van der Waals surface area contributed by atoms with Gasteiger partial charge in [-0.25, -0.2) is 0 Å². The molecule has 144 valence electrons. The highest BCUT2D eigenvalue weighted by atomic mass is 16.6. The van der Waals surface area contributed by atoms with Crippen LogP contribution in [0.15, 0.2) is 5.11 Å². The third-order valence-electron chi connectivity index (χ3n) is 4.17. The van der Waals surface area contributed by atoms with E-state index in [-0.39, 0.29) is 0 Å². The van der Waals surface area contributed by atoms with Crippen LogP contribution in [-0.2, 0) is 23.9 Å². The van der Waals surface area contributed by atoms with Crippen molar-refractivity contribution in [2.24, 2.45) is 5.11 Å². The van der Waals surface area contributed by atoms with Gasteiger partial charge < -0.3 is 25.2 Å². The first-order valence-electron chi connectivity index (χ1n) is 9.57. The Labute approximate surface area is 152 Å². The molecule has 26 heavy (non-hydrogen) atoms. The van der Waals surface area contributed by atoms with Gasteiger partial charge in [-0.3, -0.25) is 19.2 Å². The molecule has 1 rings (SSSR count). The van der Waals surface area contributed by atoms with Gasteiger partial charge in [0.05, 0.1) is 0 Å². The molecular weight excluding hydrogens is 354 g/mol. The topological polar surface area (TPSA) is 207 Å². The fraction of sp³-hybridized carbons (Fsp3) is 0.714. The molecule has 0 aromatic carbocycles. The van der Waals surface area contributed by atoms with Crippen molar-refractivity contribution in [3.63, 3.8) is 0 Å². The number of nitrogens with zero attached hydrogens (tertiary/aromatic N) is 3. The fourth-order valence-corrected chi connectivity index (χ4v) is 2.77. The van der Waals surface area contributed by atoms with E-state index in [2.05, 4.69) is 10.0 Å². The lowest BCUT2D eigenvalue weighted by molar-refractivity contribution is -0.325. The molecule has 1 saturated heterocycles. The first kappa shape index (κ1) is 16.0. The van der Waals surface area contributed by atoms with Gasteiger partial charge >= 0.3 is 0 Å². The molecule has 0 saturated carbocycles. The van der Waals surface area contributed by atoms with E-state index >= 15 is 0 Å². The maximum Gasteiger partial charge on any atom is 0.200 e. The monoisotopic (exact) mass is 377 g/mol. The summed E-state index contributed by atoms with van der Waals surface area (Å²) in [6, 6.07) is 0. The maximum atomic E-state index is 12.5. The third-order valence-corrected chi connectivity index (χ3v) is 4.17. The number of Topliss-reactive ketones (excluding diaryl/α,β-unsaturated/α-hetero) is 4. The Hall–Kier alpha value is -2.21. The highest BCUT2D eigenvalue weighted by molar-refractivity contribution is 6.05. The number of rotatable bonds is 6. The van der Waals surface area contributed by atoms with Crippen LogP contribution in [0.3, 0.4) is 0 Å². The summed E-state index contributed by atoms with van der Waals surface area (Å²) in [5, 5.41) is 46.2. The van der Waals surface area contributed by atoms with Gasteiger partial charge in [0, 0.05) is 10.4 Å². The lowest BCUT2D eigenvalue weighted by Gasteiger charge is -2.57. The molecular formula is C14H19N3O9. The zero-order valence-corrected chi connectivity index (χ0v) is 13.2. The van der Waals surface area contributed by atoms with Gasteiger partial charge in [-0.2, -0.15) is 0 Å². The summed E-state index contributed by atoms with van der Waals surface area (Å²) >= 11 is 0. The molecule has 0 amide bonds. The van der Waals surface area contributed by atoms with Crippen LogP contribution in [0.2, 0.25) is 0 Å². The zero-order valence-electron chi connectivity index (χ0n) is 17.2. The van der Waals surface area contributed by atoms with Crippen LogP contribution in [0.25, 0.3) is 10.4 Å². The molecule has 1 heterocycles. The molecule has 6 atom stereocenters. The average Bonchev–Trinajstić information content (AvgIpc) is 2.76. The Morgan fingerprint density at radius 3 is 2.08 bits per heavy atom. The number of aliphatic hydroxyl groups excluding tert-OH is 1. The highest BCUT2D eigenvalue weighted by Gasteiger charge is 2.79. The molecule has 1 aliphatic heterocycles. The number of carbonyl (C=O) groups excluding carboxylic acids is 4. The number of hydrogen-bond acceptors (Lipinski definition) is 10. The van der Waals surface area contributed by atoms with E-state index in [0.29, 0.717) is 0 Å². The SMILES string of the molecule is [2H]CC(=O)C(O)[C@H]1OC(N=[N+]=[N-])[C@@](O)(C(=O)C[2H])[C@](O)(C(=O)C[2H])[C@]1(O)C(=O)C[2H]. The Balaban J connectivity index is 4.10. The quantitative estimate of drug-likeness (QED) is 0.227. The summed E-state index contributed by atoms with van der Waals surface area (Å²) in [6.45, 7) is -5.44. The number of hydrogen-bond donors (Lipinski definition) is 4. The summed E-state index contributed by atoms with van der Waals surface area (Å²) < 4.78 is 33.6. The molecule has 12 heteroatoms. The molecule has 0 aliphatic carbocycles. The predicted octanol–water partition coefficient (Wildman–Crippen LogP) is -2.07. The van der Waals surface area contributed by atoms with Crippen molar-refractivity contribution in [3.8, 4) is 0 Å². The van der Waals surface area contributed by atoms with Gasteiger partial charge in [-0.15, -0.1) is 0 Å². The lowest BCUT2D eigenvalue weighted by Crippen LogP contribution is -2.86. The molecule has 0 spiro atoms. The standard InChI is InChI=1S/C14H19N3O9/c1-5(18)9(22)10-12(23,6(2)19)14(25,8(4)21)13(24,7(3)20)11(26-10)16-17-15/h9-11,22-25H,1-4H3/t9?,10-,11?,12+,13+,14+/m1/s1/i1D,2D,3D,4D. The second-order valence-corrected chi connectivity index (χ2v) is 5.54. The van der Waals surface area contributed by atoms with Crippen molar-refractivity contribution in [2.45, 2.75) is 62.8 Å². The van der Waals surface area contributed by atoms with Gasteiger partial charge in [0.15, 0.2) is 46.2 Å². The maximum absolute atomic E-state index is 12.5. The second-order valence-electron chi connectivity index (χ2n) is 5.54. The van der Waals surface area contributed by atoms with Crippen molar-refractivity contribution in [1.82, 2.24) is 0 Å². The van der Waals surface area contributed by atoms with Gasteiger partial charge in [0.1, 0.15) is 12.2 Å². The van der Waals surface area contributed by atoms with E-state index in [9.17, 15) is 39.6 Å². The molecule has 12 nitrogen and oxygen atoms in total. The summed E-state index contributed by atoms with van der Waals surface area (Å²) in [7, 11) is 0. The van der Waals surface area contributed by atoms with E-state index < -0.39 is 86.0 Å². The van der Waals surface area contributed by atoms with E-state index in [1.165, 1.54) is 0 Å². The molecule has 2 unspecified atom stereocenters. The number of ether oxygens (including phenoxy) is 1. The largest absolute Gasteiger partial charge is 0.382 e. The van der Waals surface area contributed by atoms with Crippen molar-refractivity contribution in [2.75, 3.05) is 0 Å². The Morgan fingerprint density at radius 2 is 1.62 bits per heavy atom. The van der Waals surface area contributed by atoms with E-state index in [1.807, 2.05) is 0 Å². The smallest absolute Gasteiger partial charge is 0.200 e. The minimum absolute atomic E-state index is 1.14. The van der Waals surface area contributed by atoms with Crippen molar-refractivity contribution in [3.05, 3.63) is 10.4 Å². The van der Waals surface area contributed by atoms with Crippen LogP contribution in [-0.4, -0.2) is 78.8 Å². The molecule has 0 bridgehead atoms. The van der Waals surface area contributed by atoms with Gasteiger partial charge in [0.25, 0.3) is 0 Å². The van der Waals surface area contributed by atoms with Crippen LogP contribution in [0, 0.1) is 0 Å². The minimum atomic E-state index is -4.07. The highest BCUT2D eigenvalue weighted by Crippen LogP contribution is 2.47. The van der Waals surface area contributed by atoms with Gasteiger partial charge in [-0.1, -0.05) is 5.11 Å². The zero-order chi connectivity index (χ0) is 23.5. The van der Waals surface area contributed by atoms with Crippen LogP contribution >= 0.6 is 0 Å². The van der Waals surface area contributed by atoms with E-state index in [1.54, 1.807) is 0 Å². The number of aliphatic hydroxyl groups is 4. The number of carbonyl (C=O) groups is 4. The summed E-state index contributed by atoms with van der Waals surface area (Å²) in [5.74, 6) is -6.90. The van der Waals surface area contributed by atoms with E-state index in [4.69, 9.17) is 15.8 Å². The number of azide groups is 1. The fourth-order valence-electron chi connectivity index (χ4n) is 2.77. The normalized spacial score (nSPS) is 40.0. The first-order chi connectivity index (χ1) is 13.9. The number of ketones is 4. The van der Waals surface area contributed by atoms with Crippen molar-refractivity contribution < 1.29 is 49.8 Å². The summed E-state index contributed by atoms with van der Waals surface area (Å²) in [6.07, 6.45) is -7.97. The molecule has 0 aromatic heterocycles. The van der Waals surface area contributed by atoms with E-state index in [0.717, 1.165) is 0 Å². The van der Waals surface area contributed by atoms with Gasteiger partial charge in [-0.05, 0) is 33.1 Å². The predicted molar refractivity (Wildman–Crippen MR) is 81.4 cm³/mol. The van der Waals surface area contributed by atoms with Crippen LogP contribution in [0.1, 0.15) is 33.1 Å². The van der Waals surface area contributed by atoms with Gasteiger partial charge in [0.2, 0.25) is 0 Å². The summed E-state index contributed by atoms with van der Waals surface area (Å²) in [5.41, 5.74) is -3.03. The average molecular weight is 377 g/mol. The lowest BCUT2D eigenvalue weighted by atomic mass is 9.59. The van der Waals surface area contributed by atoms with Crippen molar-refractivity contribution >= 4 is 23.1 Å². The van der Waals surface area contributed by atoms with Crippen molar-refractivity contribution in [1.29, 1.82) is 0 Å². The van der Waals surface area contributed by atoms with Crippen LogP contribution in [0.4, 0.5) is 0 Å². The molecule has 4 N–H and O–H groups in total. The third kappa shape index (κ3) is 2.55. The first-order valence-corrected chi connectivity index (χ1v) is 6.74. The Kier molecular flexibility index (Phi) is 4.21. The molecule has 1 aliphatic rings. The minimum Gasteiger partial charge on any atom is -0.382 e. The molecule has 0 radical (unpaired) electrons. The van der Waals surface area contributed by atoms with Crippen LogP contribution < -0.4 is 0 Å². The Morgan fingerprint density at radius 1 is 1.08 bits per heavy atom. The molecule has 0 aromatic rings. The molecule has 1 fully saturated rings. The van der Waals surface area contributed by atoms with Crippen LogP contribution in [0.5, 0.6) is 0 Å².